The van der Waals surface area contributed by atoms with Crippen molar-refractivity contribution >= 4 is 11.9 Å². The molecule has 0 bridgehead atoms. The fourth-order valence-corrected chi connectivity index (χ4v) is 8.29. The van der Waals surface area contributed by atoms with Crippen molar-refractivity contribution in [2.75, 3.05) is 13.7 Å². The highest BCUT2D eigenvalue weighted by molar-refractivity contribution is 6.00. The Morgan fingerprint density at radius 1 is 0.518 bits per heavy atom. The van der Waals surface area contributed by atoms with E-state index in [2.05, 4.69) is 34.6 Å². The molecule has 0 aromatic heterocycles. The number of phenolic OH excluding ortho intramolecular Hbond substituents is 1. The van der Waals surface area contributed by atoms with Crippen LogP contribution in [0.15, 0.2) is 18.2 Å². The number of benzene rings is 1. The normalized spacial score (nSPS) is 12.8. The summed E-state index contributed by atoms with van der Waals surface area (Å²) in [7, 11) is 1.38. The zero-order valence-electron chi connectivity index (χ0n) is 38.1. The first kappa shape index (κ1) is 52.0. The highest BCUT2D eigenvalue weighted by atomic mass is 16.6. The molecular formula is C51H92O5. The second-order valence-electron chi connectivity index (χ2n) is 18.3. The molecule has 5 heteroatoms. The summed E-state index contributed by atoms with van der Waals surface area (Å²) in [6, 6.07) is 5.47. The first-order valence-corrected chi connectivity index (χ1v) is 24.2. The third kappa shape index (κ3) is 24.7. The fourth-order valence-electron chi connectivity index (χ4n) is 8.29. The average molecular weight is 785 g/mol. The number of methoxy groups -OCH3 is 1. The highest BCUT2D eigenvalue weighted by Gasteiger charge is 2.48. The topological polar surface area (TPSA) is 72.8 Å². The summed E-state index contributed by atoms with van der Waals surface area (Å²) in [4.78, 5) is 27.6. The van der Waals surface area contributed by atoms with Crippen LogP contribution in [0.1, 0.15) is 258 Å². The maximum atomic E-state index is 14.0. The summed E-state index contributed by atoms with van der Waals surface area (Å²) in [6.45, 7) is 11.1. The molecule has 0 saturated heterocycles. The average Bonchev–Trinajstić information content (AvgIpc) is 3.18. The van der Waals surface area contributed by atoms with E-state index in [0.717, 1.165) is 49.7 Å². The van der Waals surface area contributed by atoms with Crippen molar-refractivity contribution in [1.29, 1.82) is 0 Å². The van der Waals surface area contributed by atoms with Gasteiger partial charge in [0.15, 0.2) is 5.41 Å². The first-order chi connectivity index (χ1) is 27.1. The molecular weight excluding hydrogens is 693 g/mol. The molecule has 0 aliphatic rings. The Kier molecular flexibility index (Phi) is 31.5. The first-order valence-electron chi connectivity index (χ1n) is 24.2. The van der Waals surface area contributed by atoms with E-state index in [4.69, 9.17) is 9.47 Å². The minimum atomic E-state index is -1.40. The molecule has 0 heterocycles. The van der Waals surface area contributed by atoms with Crippen LogP contribution in [0.5, 0.6) is 5.75 Å². The Morgan fingerprint density at radius 2 is 0.875 bits per heavy atom. The minimum absolute atomic E-state index is 0.208. The van der Waals surface area contributed by atoms with Crippen molar-refractivity contribution in [3.63, 3.8) is 0 Å². The number of carbonyl (C=O) groups is 2. The van der Waals surface area contributed by atoms with E-state index in [1.54, 1.807) is 6.07 Å². The number of hydrogen-bond acceptors (Lipinski definition) is 5. The number of hydrogen-bond donors (Lipinski definition) is 1. The maximum Gasteiger partial charge on any atom is 0.323 e. The molecule has 1 aromatic rings. The quantitative estimate of drug-likeness (QED) is 0.0411. The lowest BCUT2D eigenvalue weighted by molar-refractivity contribution is -0.171. The Bertz CT molecular complexity index is 1090. The van der Waals surface area contributed by atoms with Gasteiger partial charge >= 0.3 is 11.9 Å². The van der Waals surface area contributed by atoms with Gasteiger partial charge in [-0.3, -0.25) is 9.59 Å². The maximum absolute atomic E-state index is 14.0. The van der Waals surface area contributed by atoms with Gasteiger partial charge in [0.05, 0.1) is 13.7 Å². The zero-order valence-corrected chi connectivity index (χ0v) is 38.1. The van der Waals surface area contributed by atoms with Gasteiger partial charge in [0.2, 0.25) is 0 Å². The standard InChI is InChI=1S/C51H92O5/c1-7-9-11-13-15-17-19-21-23-25-27-29-31-33-35-37-41-51(48(53)55-6,44-45-39-40-47(52)46(43-45)50(3,4)5)49(54)56-42-38-36-34-32-30-28-26-24-22-20-18-16-14-12-10-8-2/h39-40,43,52H,7-38,41-42,44H2,1-6H3. The second kappa shape index (κ2) is 33.9. The van der Waals surface area contributed by atoms with Gasteiger partial charge in [-0.05, 0) is 41.9 Å². The van der Waals surface area contributed by atoms with Crippen molar-refractivity contribution in [1.82, 2.24) is 0 Å². The summed E-state index contributed by atoms with van der Waals surface area (Å²) in [5, 5.41) is 10.6. The van der Waals surface area contributed by atoms with Crippen molar-refractivity contribution in [3.8, 4) is 5.75 Å². The monoisotopic (exact) mass is 785 g/mol. The van der Waals surface area contributed by atoms with Gasteiger partial charge in [0.1, 0.15) is 5.75 Å². The number of phenols is 1. The van der Waals surface area contributed by atoms with Crippen LogP contribution in [0.4, 0.5) is 0 Å². The molecule has 1 N–H and O–H groups in total. The Labute approximate surface area is 347 Å². The van der Waals surface area contributed by atoms with Gasteiger partial charge in [-0.15, -0.1) is 0 Å². The Hall–Kier alpha value is -2.04. The van der Waals surface area contributed by atoms with Gasteiger partial charge in [-0.1, -0.05) is 246 Å². The zero-order chi connectivity index (χ0) is 41.2. The van der Waals surface area contributed by atoms with Crippen LogP contribution in [0.25, 0.3) is 0 Å². The van der Waals surface area contributed by atoms with E-state index in [-0.39, 0.29) is 17.6 Å². The summed E-state index contributed by atoms with van der Waals surface area (Å²) in [5.74, 6) is -0.744. The van der Waals surface area contributed by atoms with Gasteiger partial charge in [-0.25, -0.2) is 0 Å². The number of rotatable bonds is 38. The molecule has 326 valence electrons. The molecule has 1 unspecified atom stereocenters. The second-order valence-corrected chi connectivity index (χ2v) is 18.3. The molecule has 0 aliphatic carbocycles. The van der Waals surface area contributed by atoms with Gasteiger partial charge in [-0.2, -0.15) is 0 Å². The lowest BCUT2D eigenvalue weighted by Gasteiger charge is -2.30. The molecule has 1 aromatic carbocycles. The van der Waals surface area contributed by atoms with E-state index in [1.807, 2.05) is 12.1 Å². The molecule has 0 aliphatic heterocycles. The summed E-state index contributed by atoms with van der Waals surface area (Å²) in [6.07, 6.45) is 41.7. The van der Waals surface area contributed by atoms with Crippen molar-refractivity contribution in [2.45, 2.75) is 258 Å². The smallest absolute Gasteiger partial charge is 0.323 e. The number of ether oxygens (including phenoxy) is 2. The summed E-state index contributed by atoms with van der Waals surface area (Å²) >= 11 is 0. The van der Waals surface area contributed by atoms with Crippen molar-refractivity contribution < 1.29 is 24.2 Å². The van der Waals surface area contributed by atoms with E-state index < -0.39 is 17.4 Å². The van der Waals surface area contributed by atoms with Crippen LogP contribution in [-0.2, 0) is 30.9 Å². The van der Waals surface area contributed by atoms with Crippen molar-refractivity contribution in [3.05, 3.63) is 29.3 Å². The third-order valence-electron chi connectivity index (χ3n) is 12.0. The molecule has 0 fully saturated rings. The molecule has 0 spiro atoms. The SMILES string of the molecule is CCCCCCCCCCCCCCCCCCOC(=O)C(CCCCCCCCCCCCCCCCCC)(Cc1ccc(O)c(C(C)(C)C)c1)C(=O)OC. The van der Waals surface area contributed by atoms with E-state index >= 15 is 0 Å². The van der Waals surface area contributed by atoms with Crippen LogP contribution < -0.4 is 0 Å². The van der Waals surface area contributed by atoms with E-state index in [0.29, 0.717) is 13.0 Å². The van der Waals surface area contributed by atoms with Gasteiger partial charge in [0, 0.05) is 0 Å². The van der Waals surface area contributed by atoms with E-state index in [9.17, 15) is 14.7 Å². The molecule has 56 heavy (non-hydrogen) atoms. The lowest BCUT2D eigenvalue weighted by Crippen LogP contribution is -2.44. The molecule has 1 rings (SSSR count). The van der Waals surface area contributed by atoms with Gasteiger partial charge < -0.3 is 14.6 Å². The number of carbonyl (C=O) groups excluding carboxylic acids is 2. The third-order valence-corrected chi connectivity index (χ3v) is 12.0. The Balaban J connectivity index is 2.55. The largest absolute Gasteiger partial charge is 0.508 e. The molecule has 1 atom stereocenters. The Morgan fingerprint density at radius 3 is 1.23 bits per heavy atom. The molecule has 0 radical (unpaired) electrons. The van der Waals surface area contributed by atoms with Crippen LogP contribution in [0.2, 0.25) is 0 Å². The summed E-state index contributed by atoms with van der Waals surface area (Å²) in [5.41, 5.74) is -0.0339. The number of esters is 2. The van der Waals surface area contributed by atoms with Crippen LogP contribution in [-0.4, -0.2) is 30.8 Å². The molecule has 0 saturated carbocycles. The van der Waals surface area contributed by atoms with E-state index in [1.165, 1.54) is 174 Å². The predicted molar refractivity (Wildman–Crippen MR) is 240 cm³/mol. The van der Waals surface area contributed by atoms with Crippen molar-refractivity contribution in [2.24, 2.45) is 5.41 Å². The van der Waals surface area contributed by atoms with Crippen LogP contribution in [0, 0.1) is 5.41 Å². The minimum Gasteiger partial charge on any atom is -0.508 e. The summed E-state index contributed by atoms with van der Waals surface area (Å²) < 4.78 is 11.3. The predicted octanol–water partition coefficient (Wildman–Crippen LogP) is 15.8. The number of unbranched alkanes of at least 4 members (excludes halogenated alkanes) is 30. The highest BCUT2D eigenvalue weighted by Crippen LogP contribution is 2.37. The van der Waals surface area contributed by atoms with Crippen LogP contribution in [0.3, 0.4) is 0 Å². The van der Waals surface area contributed by atoms with Crippen LogP contribution >= 0.6 is 0 Å². The molecule has 0 amide bonds. The van der Waals surface area contributed by atoms with Gasteiger partial charge in [0.25, 0.3) is 0 Å². The lowest BCUT2D eigenvalue weighted by atomic mass is 9.75. The fraction of sp³-hybridized carbons (Fsp3) is 0.843. The molecule has 5 nitrogen and oxygen atoms in total. The number of aromatic hydroxyl groups is 1.